The number of carbonyl (C=O) groups is 4. The van der Waals surface area contributed by atoms with Gasteiger partial charge < -0.3 is 24.8 Å². The number of ether oxygens (including phenoxy) is 3. The van der Waals surface area contributed by atoms with E-state index in [1.807, 2.05) is 25.1 Å². The van der Waals surface area contributed by atoms with Gasteiger partial charge in [0.15, 0.2) is 10.3 Å². The molecule has 72 heavy (non-hydrogen) atoms. The molecular weight excluding hydrogens is 973 g/mol. The van der Waals surface area contributed by atoms with E-state index in [-0.39, 0.29) is 77.2 Å². The molecule has 12 unspecified atom stereocenters. The maximum Gasteiger partial charge on any atom is 0.311 e. The van der Waals surface area contributed by atoms with Crippen molar-refractivity contribution in [3.05, 3.63) is 80.8 Å². The fraction of sp³-hybridized carbons (Fsp3) is 0.600. The van der Waals surface area contributed by atoms with Crippen molar-refractivity contribution in [2.75, 3.05) is 24.0 Å². The van der Waals surface area contributed by atoms with Crippen LogP contribution in [0, 0.1) is 53.3 Å². The van der Waals surface area contributed by atoms with Crippen molar-refractivity contribution in [3.8, 4) is 11.5 Å². The minimum Gasteiger partial charge on any atom is -0.497 e. The molecule has 4 saturated carbocycles. The van der Waals surface area contributed by atoms with Crippen LogP contribution in [0.2, 0.25) is 0 Å². The lowest BCUT2D eigenvalue weighted by Crippen LogP contribution is -2.46. The van der Waals surface area contributed by atoms with Crippen LogP contribution in [-0.4, -0.2) is 67.7 Å². The van der Waals surface area contributed by atoms with Gasteiger partial charge in [0, 0.05) is 47.3 Å². The molecule has 0 aliphatic heterocycles. The molecule has 2 N–H and O–H groups in total. The number of benzene rings is 2. The zero-order valence-corrected chi connectivity index (χ0v) is 44.7. The number of carbonyl (C=O) groups excluding carboxylic acids is 4. The van der Waals surface area contributed by atoms with Crippen LogP contribution >= 0.6 is 22.7 Å². The van der Waals surface area contributed by atoms with Gasteiger partial charge in [0.05, 0.1) is 25.9 Å². The Bertz CT molecular complexity index is 2850. The van der Waals surface area contributed by atoms with Gasteiger partial charge in [-0.2, -0.15) is 8.42 Å². The molecule has 0 spiro atoms. The summed E-state index contributed by atoms with van der Waals surface area (Å²) in [6, 6.07) is 12.4. The minimum absolute atomic E-state index is 0.0255. The molecule has 0 bridgehead atoms. The number of nitrogens with one attached hydrogen (secondary N) is 2. The molecule has 0 saturated heterocycles. The van der Waals surface area contributed by atoms with Gasteiger partial charge >= 0.3 is 11.9 Å². The molecule has 386 valence electrons. The third kappa shape index (κ3) is 10.2. The van der Waals surface area contributed by atoms with E-state index in [1.165, 1.54) is 51.9 Å². The van der Waals surface area contributed by atoms with E-state index in [1.54, 1.807) is 19.5 Å². The summed E-state index contributed by atoms with van der Waals surface area (Å²) in [6.45, 7) is 7.87. The van der Waals surface area contributed by atoms with E-state index < -0.39 is 16.2 Å². The van der Waals surface area contributed by atoms with Gasteiger partial charge in [-0.3, -0.25) is 23.4 Å². The summed E-state index contributed by atoms with van der Waals surface area (Å²) >= 11 is 2.73. The molecule has 14 nitrogen and oxygen atoms in total. The number of thiazole rings is 2. The number of nitrogens with zero attached hydrogens (tertiary/aromatic N) is 2. The average molecular weight is 1040 g/mol. The van der Waals surface area contributed by atoms with E-state index >= 15 is 0 Å². The second-order valence-electron chi connectivity index (χ2n) is 22.3. The highest BCUT2D eigenvalue weighted by Gasteiger charge is 2.61. The minimum atomic E-state index is -3.69. The summed E-state index contributed by atoms with van der Waals surface area (Å²) in [6.07, 6.45) is 14.3. The number of aryl methyl sites for hydroxylation is 3. The van der Waals surface area contributed by atoms with Crippen LogP contribution in [-0.2, 0) is 57.5 Å². The number of hydrogen-bond donors (Lipinski definition) is 2. The number of methoxy groups -OCH3 is 1. The Kier molecular flexibility index (Phi) is 14.3. The number of rotatable bonds is 15. The summed E-state index contributed by atoms with van der Waals surface area (Å²) < 4.78 is 48.5. The van der Waals surface area contributed by atoms with E-state index in [2.05, 4.69) is 52.6 Å². The van der Waals surface area contributed by atoms with E-state index in [4.69, 9.17) is 18.4 Å². The van der Waals surface area contributed by atoms with Crippen LogP contribution < -0.4 is 20.1 Å². The number of esters is 2. The Morgan fingerprint density at radius 1 is 0.750 bits per heavy atom. The molecule has 12 atom stereocenters. The normalized spacial score (nSPS) is 31.1. The van der Waals surface area contributed by atoms with Crippen molar-refractivity contribution in [1.82, 2.24) is 9.97 Å². The zero-order chi connectivity index (χ0) is 50.7. The smallest absolute Gasteiger partial charge is 0.311 e. The SMILES string of the molecule is COc1ccc2c(c1)CCC1C2CCC2(C)C(OS(C)(=O)=O)CC(CCC(=O)Nc3ncc(CC(=O)OC4CC(CCC(=O)Nc5ncc(C)s5)C5C6CCc7cc(OC(C)=O)ccc7C6CCC45C)s3)C12. The molecule has 17 heteroatoms. The van der Waals surface area contributed by atoms with Crippen LogP contribution in [0.3, 0.4) is 0 Å². The molecule has 10 rings (SSSR count). The lowest BCUT2D eigenvalue weighted by molar-refractivity contribution is -0.156. The number of aromatic nitrogens is 2. The Labute approximate surface area is 431 Å². The number of anilines is 2. The van der Waals surface area contributed by atoms with Crippen LogP contribution in [0.25, 0.3) is 0 Å². The first-order chi connectivity index (χ1) is 34.4. The summed E-state index contributed by atoms with van der Waals surface area (Å²) in [7, 11) is -2.00. The molecule has 6 aliphatic rings. The van der Waals surface area contributed by atoms with Crippen LogP contribution in [0.4, 0.5) is 10.3 Å². The largest absolute Gasteiger partial charge is 0.497 e. The first-order valence-corrected chi connectivity index (χ1v) is 29.3. The van der Waals surface area contributed by atoms with Crippen molar-refractivity contribution < 1.29 is 46.0 Å². The predicted octanol–water partition coefficient (Wildman–Crippen LogP) is 10.3. The first-order valence-electron chi connectivity index (χ1n) is 25.9. The van der Waals surface area contributed by atoms with Crippen LogP contribution in [0.5, 0.6) is 11.5 Å². The number of hydrogen-bond acceptors (Lipinski definition) is 14. The third-order valence-electron chi connectivity index (χ3n) is 18.0. The van der Waals surface area contributed by atoms with Gasteiger partial charge in [0.1, 0.15) is 17.6 Å². The van der Waals surface area contributed by atoms with Crippen LogP contribution in [0.1, 0.15) is 142 Å². The van der Waals surface area contributed by atoms with Gasteiger partial charge in [-0.25, -0.2) is 9.97 Å². The number of amides is 2. The Balaban J connectivity index is 0.785. The van der Waals surface area contributed by atoms with Gasteiger partial charge in [0.2, 0.25) is 11.8 Å². The van der Waals surface area contributed by atoms with Gasteiger partial charge in [-0.1, -0.05) is 26.0 Å². The maximum absolute atomic E-state index is 14.0. The van der Waals surface area contributed by atoms with E-state index in [0.29, 0.717) is 76.7 Å². The van der Waals surface area contributed by atoms with Crippen LogP contribution in [0.15, 0.2) is 48.8 Å². The lowest BCUT2D eigenvalue weighted by Gasteiger charge is -2.51. The molecule has 2 aromatic carbocycles. The molecule has 4 fully saturated rings. The van der Waals surface area contributed by atoms with Gasteiger partial charge in [-0.15, -0.1) is 22.7 Å². The summed E-state index contributed by atoms with van der Waals surface area (Å²) in [5, 5.41) is 7.00. The highest BCUT2D eigenvalue weighted by molar-refractivity contribution is 7.86. The summed E-state index contributed by atoms with van der Waals surface area (Å²) in [4.78, 5) is 63.2. The van der Waals surface area contributed by atoms with E-state index in [9.17, 15) is 27.6 Å². The highest BCUT2D eigenvalue weighted by Crippen LogP contribution is 2.66. The van der Waals surface area contributed by atoms with E-state index in [0.717, 1.165) is 68.2 Å². The third-order valence-corrected chi connectivity index (χ3v) is 20.4. The van der Waals surface area contributed by atoms with Crippen molar-refractivity contribution in [1.29, 1.82) is 0 Å². The molecule has 6 aliphatic carbocycles. The summed E-state index contributed by atoms with van der Waals surface area (Å²) in [5.74, 6) is 2.60. The second-order valence-corrected chi connectivity index (χ2v) is 26.2. The second kappa shape index (κ2) is 20.2. The Morgan fingerprint density at radius 3 is 1.85 bits per heavy atom. The van der Waals surface area contributed by atoms with Gasteiger partial charge in [0.25, 0.3) is 10.1 Å². The quantitative estimate of drug-likeness (QED) is 0.0652. The Hall–Kier alpha value is -4.71. The highest BCUT2D eigenvalue weighted by atomic mass is 32.2. The molecule has 2 heterocycles. The predicted molar refractivity (Wildman–Crippen MR) is 276 cm³/mol. The topological polar surface area (TPSA) is 189 Å². The molecule has 4 aromatic rings. The zero-order valence-electron chi connectivity index (χ0n) is 42.2. The number of fused-ring (bicyclic) bond motifs is 10. The Morgan fingerprint density at radius 2 is 1.29 bits per heavy atom. The average Bonchev–Trinajstić information content (AvgIpc) is 4.09. The van der Waals surface area contributed by atoms with Crippen molar-refractivity contribution in [3.63, 3.8) is 0 Å². The standard InChI is InChI=1S/C55H68N4O10S3/c1-30-28-56-52(70-30)58-47(61)17-9-34-25-45(54(3)21-19-41-40-16-12-37(67-31(2)60)24-33(40)8-14-43(41)50(34)54)68-49(63)27-38-29-57-53(71-38)59-48(62)18-10-35-26-46(69-72(6,64)65)55(4)22-20-42-39-15-11-36(66-5)23-32(39)7-13-44(42)51(35)55/h11-12,15-16,23-24,28-29,34-35,41-46,50-51H,7-10,13-14,17-22,25-27H2,1-6H3,(H,56,58,61)(H,57,59,62). The molecule has 2 aromatic heterocycles. The molecular formula is C55H68N4O10S3. The van der Waals surface area contributed by atoms with Crippen molar-refractivity contribution >= 4 is 66.8 Å². The summed E-state index contributed by atoms with van der Waals surface area (Å²) in [5.41, 5.74) is 4.60. The monoisotopic (exact) mass is 1040 g/mol. The first kappa shape index (κ1) is 50.8. The van der Waals surface area contributed by atoms with Gasteiger partial charge in [-0.05, 0) is 183 Å². The lowest BCUT2D eigenvalue weighted by atomic mass is 9.53. The fourth-order valence-electron chi connectivity index (χ4n) is 15.3. The van der Waals surface area contributed by atoms with Crippen molar-refractivity contribution in [2.24, 2.45) is 46.3 Å². The maximum atomic E-state index is 14.0. The molecule has 2 amide bonds. The molecule has 0 radical (unpaired) electrons. The van der Waals surface area contributed by atoms with Crippen molar-refractivity contribution in [2.45, 2.75) is 148 Å². The fourth-order valence-corrected chi connectivity index (χ4v) is 17.5.